The number of rotatable bonds is 2. The number of hydrogen-bond acceptors (Lipinski definition) is 2. The van der Waals surface area contributed by atoms with Gasteiger partial charge < -0.3 is 5.11 Å². The van der Waals surface area contributed by atoms with Gasteiger partial charge in [-0.05, 0) is 11.6 Å². The molecule has 3 nitrogen and oxygen atoms in total. The second-order valence-corrected chi connectivity index (χ2v) is 4.51. The maximum Gasteiger partial charge on any atom is 0.138 e. The van der Waals surface area contributed by atoms with E-state index in [9.17, 15) is 0 Å². The van der Waals surface area contributed by atoms with Gasteiger partial charge in [0.1, 0.15) is 5.65 Å². The Labute approximate surface area is 109 Å². The molecule has 0 spiro atoms. The summed E-state index contributed by atoms with van der Waals surface area (Å²) in [5.41, 5.74) is 3.78. The summed E-state index contributed by atoms with van der Waals surface area (Å²) in [6, 6.07) is 11.4. The third-order valence-corrected chi connectivity index (χ3v) is 3.14. The summed E-state index contributed by atoms with van der Waals surface area (Å²) in [6.45, 7) is 0.0586. The van der Waals surface area contributed by atoms with Crippen molar-refractivity contribution in [2.24, 2.45) is 0 Å². The summed E-state index contributed by atoms with van der Waals surface area (Å²) >= 11 is 5.93. The number of halogens is 1. The van der Waals surface area contributed by atoms with Gasteiger partial charge in [0, 0.05) is 22.8 Å². The molecule has 2 heterocycles. The van der Waals surface area contributed by atoms with Crippen molar-refractivity contribution in [1.29, 1.82) is 0 Å². The van der Waals surface area contributed by atoms with Crippen LogP contribution in [0.1, 0.15) is 5.56 Å². The highest BCUT2D eigenvalue weighted by Crippen LogP contribution is 2.22. The Bertz CT molecular complexity index is 689. The molecule has 2 aromatic heterocycles. The van der Waals surface area contributed by atoms with Gasteiger partial charge in [-0.3, -0.25) is 4.40 Å². The lowest BCUT2D eigenvalue weighted by molar-refractivity contribution is 0.282. The zero-order chi connectivity index (χ0) is 12.5. The fourth-order valence-electron chi connectivity index (χ4n) is 1.95. The van der Waals surface area contributed by atoms with Gasteiger partial charge in [-0.2, -0.15) is 0 Å². The fraction of sp³-hybridized carbons (Fsp3) is 0.0714. The molecule has 0 aliphatic rings. The zero-order valence-electron chi connectivity index (χ0n) is 9.55. The maximum absolute atomic E-state index is 9.03. The van der Waals surface area contributed by atoms with Crippen molar-refractivity contribution in [3.05, 3.63) is 59.4 Å². The van der Waals surface area contributed by atoms with Crippen LogP contribution >= 0.6 is 11.6 Å². The predicted octanol–water partition coefficient (Wildman–Crippen LogP) is 3.15. The van der Waals surface area contributed by atoms with Gasteiger partial charge in [0.05, 0.1) is 18.5 Å². The van der Waals surface area contributed by atoms with E-state index in [4.69, 9.17) is 16.7 Å². The number of aliphatic hydroxyl groups is 1. The number of nitrogens with zero attached hydrogens (tertiary/aromatic N) is 2. The standard InChI is InChI=1S/C14H11ClN2O/c15-12-5-6-17-13(8-16-14(17)7-12)11-3-1-10(9-18)2-4-11/h1-8,18H,9H2. The number of benzene rings is 1. The smallest absolute Gasteiger partial charge is 0.138 e. The zero-order valence-corrected chi connectivity index (χ0v) is 10.3. The van der Waals surface area contributed by atoms with Crippen LogP contribution in [-0.4, -0.2) is 14.5 Å². The maximum atomic E-state index is 9.03. The van der Waals surface area contributed by atoms with Crippen molar-refractivity contribution in [2.75, 3.05) is 0 Å². The number of hydrogen-bond donors (Lipinski definition) is 1. The monoisotopic (exact) mass is 258 g/mol. The summed E-state index contributed by atoms with van der Waals surface area (Å²) in [5.74, 6) is 0. The summed E-state index contributed by atoms with van der Waals surface area (Å²) < 4.78 is 1.99. The van der Waals surface area contributed by atoms with E-state index in [0.29, 0.717) is 5.02 Å². The lowest BCUT2D eigenvalue weighted by Gasteiger charge is -2.03. The molecular formula is C14H11ClN2O. The molecule has 0 fully saturated rings. The molecule has 3 rings (SSSR count). The van der Waals surface area contributed by atoms with Crippen LogP contribution in [-0.2, 0) is 6.61 Å². The van der Waals surface area contributed by atoms with Gasteiger partial charge in [-0.25, -0.2) is 4.98 Å². The van der Waals surface area contributed by atoms with E-state index in [1.54, 1.807) is 0 Å². The largest absolute Gasteiger partial charge is 0.392 e. The number of imidazole rings is 1. The first kappa shape index (κ1) is 11.3. The Morgan fingerprint density at radius 1 is 1.17 bits per heavy atom. The third kappa shape index (κ3) is 1.88. The van der Waals surface area contributed by atoms with Crippen molar-refractivity contribution in [1.82, 2.24) is 9.38 Å². The van der Waals surface area contributed by atoms with Crippen LogP contribution in [0.4, 0.5) is 0 Å². The molecule has 3 aromatic rings. The minimum Gasteiger partial charge on any atom is -0.392 e. The number of aliphatic hydroxyl groups excluding tert-OH is 1. The van der Waals surface area contributed by atoms with Crippen molar-refractivity contribution < 1.29 is 5.11 Å². The van der Waals surface area contributed by atoms with Crippen LogP contribution in [0, 0.1) is 0 Å². The van der Waals surface area contributed by atoms with E-state index >= 15 is 0 Å². The van der Waals surface area contributed by atoms with E-state index in [-0.39, 0.29) is 6.61 Å². The number of pyridine rings is 1. The van der Waals surface area contributed by atoms with Crippen LogP contribution in [0.25, 0.3) is 16.9 Å². The fourth-order valence-corrected chi connectivity index (χ4v) is 2.10. The first-order chi connectivity index (χ1) is 8.78. The van der Waals surface area contributed by atoms with Gasteiger partial charge in [0.2, 0.25) is 0 Å². The minimum atomic E-state index is 0.0586. The normalized spacial score (nSPS) is 11.0. The number of fused-ring (bicyclic) bond motifs is 1. The van der Waals surface area contributed by atoms with Gasteiger partial charge in [0.25, 0.3) is 0 Å². The molecule has 4 heteroatoms. The van der Waals surface area contributed by atoms with E-state index in [1.807, 2.05) is 53.2 Å². The van der Waals surface area contributed by atoms with Crippen molar-refractivity contribution >= 4 is 17.2 Å². The van der Waals surface area contributed by atoms with Crippen LogP contribution < -0.4 is 0 Å². The topological polar surface area (TPSA) is 37.5 Å². The van der Waals surface area contributed by atoms with Gasteiger partial charge in [-0.1, -0.05) is 35.9 Å². The molecule has 0 bridgehead atoms. The summed E-state index contributed by atoms with van der Waals surface area (Å²) in [7, 11) is 0. The van der Waals surface area contributed by atoms with E-state index in [1.165, 1.54) is 0 Å². The lowest BCUT2D eigenvalue weighted by atomic mass is 10.1. The summed E-state index contributed by atoms with van der Waals surface area (Å²) in [6.07, 6.45) is 3.72. The molecule has 0 amide bonds. The molecule has 0 unspecified atom stereocenters. The molecular weight excluding hydrogens is 248 g/mol. The van der Waals surface area contributed by atoms with Gasteiger partial charge >= 0.3 is 0 Å². The molecule has 0 atom stereocenters. The van der Waals surface area contributed by atoms with E-state index < -0.39 is 0 Å². The molecule has 1 N–H and O–H groups in total. The first-order valence-electron chi connectivity index (χ1n) is 5.61. The van der Waals surface area contributed by atoms with Crippen LogP contribution in [0.3, 0.4) is 0 Å². The SMILES string of the molecule is OCc1ccc(-c2cnc3cc(Cl)ccn23)cc1. The van der Waals surface area contributed by atoms with Crippen molar-refractivity contribution in [2.45, 2.75) is 6.61 Å². The molecule has 0 saturated carbocycles. The Kier molecular flexibility index (Phi) is 2.78. The van der Waals surface area contributed by atoms with Gasteiger partial charge in [0.15, 0.2) is 0 Å². The van der Waals surface area contributed by atoms with E-state index in [2.05, 4.69) is 4.98 Å². The highest BCUT2D eigenvalue weighted by molar-refractivity contribution is 6.30. The molecule has 0 aliphatic heterocycles. The molecule has 0 aliphatic carbocycles. The van der Waals surface area contributed by atoms with Gasteiger partial charge in [-0.15, -0.1) is 0 Å². The molecule has 1 aromatic carbocycles. The Morgan fingerprint density at radius 3 is 2.67 bits per heavy atom. The van der Waals surface area contributed by atoms with Crippen LogP contribution in [0.15, 0.2) is 48.8 Å². The highest BCUT2D eigenvalue weighted by atomic mass is 35.5. The molecule has 0 saturated heterocycles. The van der Waals surface area contributed by atoms with Crippen molar-refractivity contribution in [3.63, 3.8) is 0 Å². The Balaban J connectivity index is 2.13. The summed E-state index contributed by atoms with van der Waals surface area (Å²) in [5, 5.41) is 9.71. The van der Waals surface area contributed by atoms with Crippen LogP contribution in [0.2, 0.25) is 5.02 Å². The summed E-state index contributed by atoms with van der Waals surface area (Å²) in [4.78, 5) is 4.33. The highest BCUT2D eigenvalue weighted by Gasteiger charge is 2.05. The quantitative estimate of drug-likeness (QED) is 0.767. The Hall–Kier alpha value is -1.84. The van der Waals surface area contributed by atoms with Crippen molar-refractivity contribution in [3.8, 4) is 11.3 Å². The average molecular weight is 259 g/mol. The second-order valence-electron chi connectivity index (χ2n) is 4.07. The second kappa shape index (κ2) is 4.44. The average Bonchev–Trinajstić information content (AvgIpc) is 2.81. The number of aromatic nitrogens is 2. The van der Waals surface area contributed by atoms with Crippen LogP contribution in [0.5, 0.6) is 0 Å². The molecule has 0 radical (unpaired) electrons. The first-order valence-corrected chi connectivity index (χ1v) is 5.98. The Morgan fingerprint density at radius 2 is 1.94 bits per heavy atom. The minimum absolute atomic E-state index is 0.0586. The third-order valence-electron chi connectivity index (χ3n) is 2.91. The molecule has 90 valence electrons. The lowest BCUT2D eigenvalue weighted by Crippen LogP contribution is -1.88. The predicted molar refractivity (Wildman–Crippen MR) is 71.6 cm³/mol. The molecule has 18 heavy (non-hydrogen) atoms. The van der Waals surface area contributed by atoms with E-state index in [0.717, 1.165) is 22.5 Å².